The minimum Gasteiger partial charge on any atom is -0.461 e. The van der Waals surface area contributed by atoms with Crippen molar-refractivity contribution in [2.45, 2.75) is 46.6 Å². The molecule has 0 heterocycles. The van der Waals surface area contributed by atoms with E-state index in [9.17, 15) is 4.79 Å². The third-order valence-electron chi connectivity index (χ3n) is 1.66. The molecular weight excluding hydrogens is 180 g/mol. The zero-order valence-corrected chi connectivity index (χ0v) is 9.71. The van der Waals surface area contributed by atoms with Crippen molar-refractivity contribution in [1.82, 2.24) is 0 Å². The van der Waals surface area contributed by atoms with Crippen LogP contribution in [0, 0.1) is 5.92 Å². The summed E-state index contributed by atoms with van der Waals surface area (Å²) in [4.78, 5) is 11.0. The van der Waals surface area contributed by atoms with Gasteiger partial charge in [-0.25, -0.2) is 4.79 Å². The molecule has 0 N–H and O–H groups in total. The Morgan fingerprint density at radius 2 is 1.86 bits per heavy atom. The lowest BCUT2D eigenvalue weighted by atomic mass is 10.1. The standard InChI is InChI=1S/C11H22O3/c1-9(2)6-5-7-13-8-11(12)14-10(3)4/h9-10H,5-8H2,1-4H3. The summed E-state index contributed by atoms with van der Waals surface area (Å²) in [5.41, 5.74) is 0. The van der Waals surface area contributed by atoms with Crippen LogP contribution in [0.25, 0.3) is 0 Å². The Labute approximate surface area is 86.8 Å². The van der Waals surface area contributed by atoms with Gasteiger partial charge >= 0.3 is 5.97 Å². The third-order valence-corrected chi connectivity index (χ3v) is 1.66. The van der Waals surface area contributed by atoms with E-state index >= 15 is 0 Å². The van der Waals surface area contributed by atoms with Gasteiger partial charge in [0.15, 0.2) is 0 Å². The highest BCUT2D eigenvalue weighted by atomic mass is 16.6. The molecule has 0 aliphatic heterocycles. The van der Waals surface area contributed by atoms with Gasteiger partial charge in [-0.1, -0.05) is 13.8 Å². The lowest BCUT2D eigenvalue weighted by Crippen LogP contribution is -2.17. The van der Waals surface area contributed by atoms with Crippen LogP contribution < -0.4 is 0 Å². The van der Waals surface area contributed by atoms with E-state index in [1.54, 1.807) is 0 Å². The topological polar surface area (TPSA) is 35.5 Å². The van der Waals surface area contributed by atoms with Crippen LogP contribution >= 0.6 is 0 Å². The molecule has 0 bridgehead atoms. The van der Waals surface area contributed by atoms with Crippen molar-refractivity contribution in [3.63, 3.8) is 0 Å². The molecule has 0 aromatic rings. The van der Waals surface area contributed by atoms with E-state index in [-0.39, 0.29) is 18.7 Å². The van der Waals surface area contributed by atoms with Crippen molar-refractivity contribution in [2.24, 2.45) is 5.92 Å². The molecule has 0 aliphatic carbocycles. The van der Waals surface area contributed by atoms with Crippen LogP contribution in [0.15, 0.2) is 0 Å². The molecule has 0 amide bonds. The monoisotopic (exact) mass is 202 g/mol. The van der Waals surface area contributed by atoms with Gasteiger partial charge in [-0.05, 0) is 32.6 Å². The van der Waals surface area contributed by atoms with E-state index in [1.165, 1.54) is 0 Å². The Hall–Kier alpha value is -0.570. The molecule has 0 aliphatic rings. The summed E-state index contributed by atoms with van der Waals surface area (Å²) >= 11 is 0. The molecule has 3 heteroatoms. The largest absolute Gasteiger partial charge is 0.461 e. The maximum absolute atomic E-state index is 11.0. The van der Waals surface area contributed by atoms with Crippen molar-refractivity contribution in [1.29, 1.82) is 0 Å². The van der Waals surface area contributed by atoms with Gasteiger partial charge in [0.2, 0.25) is 0 Å². The number of carbonyl (C=O) groups excluding carboxylic acids is 1. The fraction of sp³-hybridized carbons (Fsp3) is 0.909. The summed E-state index contributed by atoms with van der Waals surface area (Å²) in [5.74, 6) is 0.422. The molecule has 0 fully saturated rings. The zero-order chi connectivity index (χ0) is 11.0. The van der Waals surface area contributed by atoms with Gasteiger partial charge in [0.1, 0.15) is 6.61 Å². The van der Waals surface area contributed by atoms with Crippen molar-refractivity contribution in [2.75, 3.05) is 13.2 Å². The van der Waals surface area contributed by atoms with Gasteiger partial charge < -0.3 is 9.47 Å². The highest BCUT2D eigenvalue weighted by Gasteiger charge is 2.04. The van der Waals surface area contributed by atoms with Crippen LogP contribution in [-0.4, -0.2) is 25.3 Å². The average Bonchev–Trinajstić information content (AvgIpc) is 2.01. The van der Waals surface area contributed by atoms with Crippen LogP contribution in [0.2, 0.25) is 0 Å². The fourth-order valence-electron chi connectivity index (χ4n) is 1.05. The van der Waals surface area contributed by atoms with Crippen LogP contribution in [0.5, 0.6) is 0 Å². The summed E-state index contributed by atoms with van der Waals surface area (Å²) in [6.45, 7) is 8.73. The summed E-state index contributed by atoms with van der Waals surface area (Å²) < 4.78 is 10.1. The number of hydrogen-bond donors (Lipinski definition) is 0. The van der Waals surface area contributed by atoms with E-state index in [2.05, 4.69) is 13.8 Å². The maximum atomic E-state index is 11.0. The lowest BCUT2D eigenvalue weighted by Gasteiger charge is -2.08. The minimum absolute atomic E-state index is 0.0539. The average molecular weight is 202 g/mol. The molecule has 0 atom stereocenters. The van der Waals surface area contributed by atoms with Gasteiger partial charge in [-0.15, -0.1) is 0 Å². The van der Waals surface area contributed by atoms with E-state index in [0.717, 1.165) is 12.8 Å². The number of hydrogen-bond acceptors (Lipinski definition) is 3. The van der Waals surface area contributed by atoms with E-state index in [1.807, 2.05) is 13.8 Å². The lowest BCUT2D eigenvalue weighted by molar-refractivity contribution is -0.152. The Kier molecular flexibility index (Phi) is 7.48. The van der Waals surface area contributed by atoms with Gasteiger partial charge in [-0.2, -0.15) is 0 Å². The smallest absolute Gasteiger partial charge is 0.332 e. The molecule has 0 unspecified atom stereocenters. The molecule has 0 saturated heterocycles. The molecule has 0 rings (SSSR count). The normalized spacial score (nSPS) is 11.0. The highest BCUT2D eigenvalue weighted by molar-refractivity contribution is 5.70. The Balaban J connectivity index is 3.23. The second kappa shape index (κ2) is 7.80. The molecular formula is C11H22O3. The summed E-state index contributed by atoms with van der Waals surface area (Å²) in [5, 5.41) is 0. The van der Waals surface area contributed by atoms with Gasteiger partial charge in [-0.3, -0.25) is 0 Å². The first kappa shape index (κ1) is 13.4. The molecule has 84 valence electrons. The first-order chi connectivity index (χ1) is 6.52. The summed E-state index contributed by atoms with van der Waals surface area (Å²) in [7, 11) is 0. The summed E-state index contributed by atoms with van der Waals surface area (Å²) in [6, 6.07) is 0. The van der Waals surface area contributed by atoms with Gasteiger partial charge in [0.05, 0.1) is 6.10 Å². The van der Waals surface area contributed by atoms with Crippen LogP contribution in [0.4, 0.5) is 0 Å². The van der Waals surface area contributed by atoms with Crippen LogP contribution in [0.1, 0.15) is 40.5 Å². The quantitative estimate of drug-likeness (QED) is 0.469. The van der Waals surface area contributed by atoms with E-state index in [4.69, 9.17) is 9.47 Å². The van der Waals surface area contributed by atoms with Crippen molar-refractivity contribution in [3.8, 4) is 0 Å². The molecule has 0 radical (unpaired) electrons. The predicted molar refractivity (Wildman–Crippen MR) is 56.1 cm³/mol. The Bertz CT molecular complexity index is 153. The van der Waals surface area contributed by atoms with Crippen molar-refractivity contribution >= 4 is 5.97 Å². The van der Waals surface area contributed by atoms with Crippen LogP contribution in [-0.2, 0) is 14.3 Å². The predicted octanol–water partition coefficient (Wildman–Crippen LogP) is 2.39. The van der Waals surface area contributed by atoms with Crippen LogP contribution in [0.3, 0.4) is 0 Å². The maximum Gasteiger partial charge on any atom is 0.332 e. The Morgan fingerprint density at radius 3 is 2.36 bits per heavy atom. The van der Waals surface area contributed by atoms with Gasteiger partial charge in [0.25, 0.3) is 0 Å². The highest BCUT2D eigenvalue weighted by Crippen LogP contribution is 2.03. The molecule has 0 aromatic heterocycles. The minimum atomic E-state index is -0.274. The summed E-state index contributed by atoms with van der Waals surface area (Å²) in [6.07, 6.45) is 2.09. The zero-order valence-electron chi connectivity index (χ0n) is 9.71. The SMILES string of the molecule is CC(C)CCCOCC(=O)OC(C)C. The third kappa shape index (κ3) is 9.52. The van der Waals surface area contributed by atoms with Crippen molar-refractivity contribution < 1.29 is 14.3 Å². The number of rotatable bonds is 7. The Morgan fingerprint density at radius 1 is 1.21 bits per heavy atom. The van der Waals surface area contributed by atoms with E-state index in [0.29, 0.717) is 12.5 Å². The van der Waals surface area contributed by atoms with Crippen molar-refractivity contribution in [3.05, 3.63) is 0 Å². The fourth-order valence-corrected chi connectivity index (χ4v) is 1.05. The number of ether oxygens (including phenoxy) is 2. The second-order valence-electron chi connectivity index (χ2n) is 4.13. The molecule has 3 nitrogen and oxygen atoms in total. The molecule has 0 saturated carbocycles. The molecule has 14 heavy (non-hydrogen) atoms. The first-order valence-electron chi connectivity index (χ1n) is 5.29. The molecule has 0 aromatic carbocycles. The number of carbonyl (C=O) groups is 1. The van der Waals surface area contributed by atoms with E-state index < -0.39 is 0 Å². The second-order valence-corrected chi connectivity index (χ2v) is 4.13. The number of esters is 1. The van der Waals surface area contributed by atoms with Gasteiger partial charge in [0, 0.05) is 6.61 Å². The molecule has 0 spiro atoms. The first-order valence-corrected chi connectivity index (χ1v) is 5.29.